The standard InChI is InChI=1S/C10H18N2O3/c1-4-5-11-10(14)7-12(2)6-9(13)8-15-3/h1,9,13H,5-8H2,2-3H3,(H,11,14). The van der Waals surface area contributed by atoms with E-state index in [9.17, 15) is 9.90 Å². The van der Waals surface area contributed by atoms with Crippen LogP contribution in [0.5, 0.6) is 0 Å². The van der Waals surface area contributed by atoms with Gasteiger partial charge in [-0.25, -0.2) is 0 Å². The lowest BCUT2D eigenvalue weighted by atomic mass is 10.3. The number of terminal acetylenes is 1. The summed E-state index contributed by atoms with van der Waals surface area (Å²) in [6, 6.07) is 0. The summed E-state index contributed by atoms with van der Waals surface area (Å²) in [6.45, 7) is 1.09. The minimum absolute atomic E-state index is 0.153. The van der Waals surface area contributed by atoms with Gasteiger partial charge in [0.1, 0.15) is 0 Å². The molecule has 0 saturated heterocycles. The van der Waals surface area contributed by atoms with Gasteiger partial charge in [0.05, 0.1) is 25.8 Å². The Morgan fingerprint density at radius 1 is 1.73 bits per heavy atom. The molecular formula is C10H18N2O3. The lowest BCUT2D eigenvalue weighted by Gasteiger charge is -2.19. The van der Waals surface area contributed by atoms with Crippen LogP contribution in [0.15, 0.2) is 0 Å². The smallest absolute Gasteiger partial charge is 0.234 e. The fraction of sp³-hybridized carbons (Fsp3) is 0.700. The van der Waals surface area contributed by atoms with Gasteiger partial charge in [-0.2, -0.15) is 0 Å². The zero-order valence-electron chi connectivity index (χ0n) is 9.19. The Balaban J connectivity index is 3.68. The molecule has 1 amide bonds. The molecule has 15 heavy (non-hydrogen) atoms. The summed E-state index contributed by atoms with van der Waals surface area (Å²) in [7, 11) is 3.26. The number of methoxy groups -OCH3 is 1. The van der Waals surface area contributed by atoms with Gasteiger partial charge in [-0.1, -0.05) is 5.92 Å². The Morgan fingerprint density at radius 3 is 2.93 bits per heavy atom. The van der Waals surface area contributed by atoms with E-state index in [1.165, 1.54) is 7.11 Å². The molecule has 0 aromatic heterocycles. The number of rotatable bonds is 7. The summed E-state index contributed by atoms with van der Waals surface area (Å²) < 4.78 is 4.77. The summed E-state index contributed by atoms with van der Waals surface area (Å²) in [4.78, 5) is 12.9. The maximum atomic E-state index is 11.2. The molecule has 0 bridgehead atoms. The van der Waals surface area contributed by atoms with Gasteiger partial charge in [-0.05, 0) is 7.05 Å². The molecule has 5 heteroatoms. The normalized spacial score (nSPS) is 12.2. The highest BCUT2D eigenvalue weighted by molar-refractivity contribution is 5.78. The van der Waals surface area contributed by atoms with Crippen LogP contribution in [-0.4, -0.2) is 62.4 Å². The molecule has 0 aliphatic heterocycles. The topological polar surface area (TPSA) is 61.8 Å². The maximum Gasteiger partial charge on any atom is 0.234 e. The van der Waals surface area contributed by atoms with E-state index in [1.807, 2.05) is 0 Å². The third-order valence-electron chi connectivity index (χ3n) is 1.68. The van der Waals surface area contributed by atoms with Crippen molar-refractivity contribution in [1.29, 1.82) is 0 Å². The zero-order chi connectivity index (χ0) is 11.7. The van der Waals surface area contributed by atoms with Crippen molar-refractivity contribution >= 4 is 5.91 Å². The van der Waals surface area contributed by atoms with E-state index in [0.29, 0.717) is 6.54 Å². The molecule has 0 heterocycles. The molecule has 2 N–H and O–H groups in total. The molecule has 0 rings (SSSR count). The Morgan fingerprint density at radius 2 is 2.40 bits per heavy atom. The largest absolute Gasteiger partial charge is 0.389 e. The minimum Gasteiger partial charge on any atom is -0.389 e. The highest BCUT2D eigenvalue weighted by Gasteiger charge is 2.10. The van der Waals surface area contributed by atoms with Crippen molar-refractivity contribution in [3.05, 3.63) is 0 Å². The zero-order valence-corrected chi connectivity index (χ0v) is 9.19. The minimum atomic E-state index is -0.583. The number of nitrogens with one attached hydrogen (secondary N) is 1. The number of amides is 1. The number of nitrogens with zero attached hydrogens (tertiary/aromatic N) is 1. The molecule has 0 aliphatic carbocycles. The SMILES string of the molecule is C#CCNC(=O)CN(C)CC(O)COC. The van der Waals surface area contributed by atoms with E-state index in [1.54, 1.807) is 11.9 Å². The van der Waals surface area contributed by atoms with Crippen LogP contribution in [0.4, 0.5) is 0 Å². The number of hydrogen-bond donors (Lipinski definition) is 2. The first-order valence-electron chi connectivity index (χ1n) is 4.65. The quantitative estimate of drug-likeness (QED) is 0.516. The van der Waals surface area contributed by atoms with Gasteiger partial charge in [0.25, 0.3) is 0 Å². The van der Waals surface area contributed by atoms with Gasteiger partial charge >= 0.3 is 0 Å². The monoisotopic (exact) mass is 214 g/mol. The van der Waals surface area contributed by atoms with Crippen LogP contribution in [-0.2, 0) is 9.53 Å². The number of aliphatic hydroxyl groups is 1. The van der Waals surface area contributed by atoms with E-state index < -0.39 is 6.10 Å². The summed E-state index contributed by atoms with van der Waals surface area (Å²) in [5, 5.41) is 11.9. The fourth-order valence-electron chi connectivity index (χ4n) is 1.12. The van der Waals surface area contributed by atoms with Crippen molar-refractivity contribution < 1.29 is 14.6 Å². The predicted octanol–water partition coefficient (Wildman–Crippen LogP) is -1.33. The molecule has 0 aromatic carbocycles. The first-order chi connectivity index (χ1) is 7.10. The number of likely N-dealkylation sites (N-methyl/N-ethyl adjacent to an activating group) is 1. The van der Waals surface area contributed by atoms with E-state index in [4.69, 9.17) is 11.2 Å². The summed E-state index contributed by atoms with van der Waals surface area (Å²) in [5.74, 6) is 2.16. The summed E-state index contributed by atoms with van der Waals surface area (Å²) in [6.07, 6.45) is 4.41. The van der Waals surface area contributed by atoms with E-state index in [-0.39, 0.29) is 25.6 Å². The Kier molecular flexibility index (Phi) is 7.64. The molecule has 0 fully saturated rings. The average Bonchev–Trinajstić information content (AvgIpc) is 2.14. The third kappa shape index (κ3) is 7.94. The number of aliphatic hydroxyl groups excluding tert-OH is 1. The lowest BCUT2D eigenvalue weighted by Crippen LogP contribution is -2.39. The Labute approximate surface area is 90.4 Å². The van der Waals surface area contributed by atoms with Crippen molar-refractivity contribution in [3.63, 3.8) is 0 Å². The lowest BCUT2D eigenvalue weighted by molar-refractivity contribution is -0.122. The van der Waals surface area contributed by atoms with Crippen LogP contribution < -0.4 is 5.32 Å². The van der Waals surface area contributed by atoms with Crippen molar-refractivity contribution in [2.24, 2.45) is 0 Å². The number of carbonyl (C=O) groups is 1. The van der Waals surface area contributed by atoms with Crippen molar-refractivity contribution in [2.75, 3.05) is 40.4 Å². The van der Waals surface area contributed by atoms with E-state index in [0.717, 1.165) is 0 Å². The number of ether oxygens (including phenoxy) is 1. The Bertz CT molecular complexity index is 225. The molecule has 86 valence electrons. The second kappa shape index (κ2) is 8.24. The van der Waals surface area contributed by atoms with Crippen molar-refractivity contribution in [3.8, 4) is 12.3 Å². The molecule has 0 radical (unpaired) electrons. The highest BCUT2D eigenvalue weighted by atomic mass is 16.5. The van der Waals surface area contributed by atoms with Crippen LogP contribution in [0, 0.1) is 12.3 Å². The fourth-order valence-corrected chi connectivity index (χ4v) is 1.12. The van der Waals surface area contributed by atoms with Gasteiger partial charge < -0.3 is 15.2 Å². The van der Waals surface area contributed by atoms with Gasteiger partial charge in [0, 0.05) is 13.7 Å². The van der Waals surface area contributed by atoms with Gasteiger partial charge in [-0.3, -0.25) is 9.69 Å². The van der Waals surface area contributed by atoms with Crippen LogP contribution in [0.3, 0.4) is 0 Å². The van der Waals surface area contributed by atoms with E-state index in [2.05, 4.69) is 11.2 Å². The van der Waals surface area contributed by atoms with Crippen LogP contribution in [0.2, 0.25) is 0 Å². The van der Waals surface area contributed by atoms with Crippen molar-refractivity contribution in [1.82, 2.24) is 10.2 Å². The second-order valence-corrected chi connectivity index (χ2v) is 3.29. The molecule has 0 aromatic rings. The summed E-state index contributed by atoms with van der Waals surface area (Å²) >= 11 is 0. The highest BCUT2D eigenvalue weighted by Crippen LogP contribution is 1.89. The summed E-state index contributed by atoms with van der Waals surface area (Å²) in [5.41, 5.74) is 0. The molecule has 5 nitrogen and oxygen atoms in total. The van der Waals surface area contributed by atoms with Gasteiger partial charge in [0.15, 0.2) is 0 Å². The molecular weight excluding hydrogens is 196 g/mol. The second-order valence-electron chi connectivity index (χ2n) is 3.29. The van der Waals surface area contributed by atoms with Crippen molar-refractivity contribution in [2.45, 2.75) is 6.10 Å². The first-order valence-corrected chi connectivity index (χ1v) is 4.65. The molecule has 1 atom stereocenters. The van der Waals surface area contributed by atoms with Crippen LogP contribution >= 0.6 is 0 Å². The number of hydrogen-bond acceptors (Lipinski definition) is 4. The van der Waals surface area contributed by atoms with Crippen LogP contribution in [0.25, 0.3) is 0 Å². The third-order valence-corrected chi connectivity index (χ3v) is 1.68. The first kappa shape index (κ1) is 13.9. The number of carbonyl (C=O) groups excluding carboxylic acids is 1. The van der Waals surface area contributed by atoms with Gasteiger partial charge in [-0.15, -0.1) is 6.42 Å². The molecule has 0 aliphatic rings. The van der Waals surface area contributed by atoms with E-state index >= 15 is 0 Å². The molecule has 1 unspecified atom stereocenters. The maximum absolute atomic E-state index is 11.2. The predicted molar refractivity (Wildman–Crippen MR) is 57.2 cm³/mol. The molecule has 0 saturated carbocycles. The van der Waals surface area contributed by atoms with Gasteiger partial charge in [0.2, 0.25) is 5.91 Å². The van der Waals surface area contributed by atoms with Crippen LogP contribution in [0.1, 0.15) is 0 Å². The molecule has 0 spiro atoms. The average molecular weight is 214 g/mol. The Hall–Kier alpha value is -1.09.